The van der Waals surface area contributed by atoms with Gasteiger partial charge in [0.25, 0.3) is 0 Å². The van der Waals surface area contributed by atoms with Gasteiger partial charge in [0.1, 0.15) is 12.4 Å². The number of ether oxygens (including phenoxy) is 2. The molecule has 0 unspecified atom stereocenters. The van der Waals surface area contributed by atoms with Crippen molar-refractivity contribution in [1.82, 2.24) is 4.90 Å². The summed E-state index contributed by atoms with van der Waals surface area (Å²) in [6.07, 6.45) is 4.02. The van der Waals surface area contributed by atoms with E-state index in [1.165, 1.54) is 31.6 Å². The zero-order chi connectivity index (χ0) is 24.8. The van der Waals surface area contributed by atoms with Crippen LogP contribution in [0.1, 0.15) is 41.0 Å². The summed E-state index contributed by atoms with van der Waals surface area (Å²) in [4.78, 5) is 14.7. The number of carbonyl (C=O) groups is 1. The summed E-state index contributed by atoms with van der Waals surface area (Å²) >= 11 is 0. The van der Waals surface area contributed by atoms with Gasteiger partial charge in [0.05, 0.1) is 7.11 Å². The zero-order valence-corrected chi connectivity index (χ0v) is 20.2. The number of nitrogens with zero attached hydrogens (tertiary/aromatic N) is 1. The Labute approximate surface area is 206 Å². The van der Waals surface area contributed by atoms with Crippen molar-refractivity contribution in [3.05, 3.63) is 89.0 Å². The van der Waals surface area contributed by atoms with E-state index in [4.69, 9.17) is 15.2 Å². The number of amides is 1. The van der Waals surface area contributed by atoms with Crippen LogP contribution in [0.3, 0.4) is 0 Å². The average Bonchev–Trinajstić information content (AvgIpc) is 2.87. The molecule has 0 saturated carbocycles. The average molecular weight is 473 g/mol. The second-order valence-electron chi connectivity index (χ2n) is 8.95. The van der Waals surface area contributed by atoms with Crippen LogP contribution in [0, 0.1) is 0 Å². The molecule has 1 fully saturated rings. The third-order valence-electron chi connectivity index (χ3n) is 6.55. The van der Waals surface area contributed by atoms with Gasteiger partial charge in [-0.3, -0.25) is 4.79 Å². The highest BCUT2D eigenvalue weighted by atomic mass is 16.5. The minimum absolute atomic E-state index is 0.00890. The van der Waals surface area contributed by atoms with Crippen LogP contribution in [0.5, 0.6) is 17.2 Å². The lowest BCUT2D eigenvalue weighted by Crippen LogP contribution is -2.29. The van der Waals surface area contributed by atoms with Gasteiger partial charge in [-0.05, 0) is 91.5 Å². The van der Waals surface area contributed by atoms with Crippen LogP contribution in [0.25, 0.3) is 11.6 Å². The molecule has 1 heterocycles. The van der Waals surface area contributed by atoms with E-state index in [2.05, 4.69) is 24.1 Å². The van der Waals surface area contributed by atoms with E-state index in [9.17, 15) is 9.90 Å². The summed E-state index contributed by atoms with van der Waals surface area (Å²) in [6, 6.07) is 20.8. The van der Waals surface area contributed by atoms with Crippen molar-refractivity contribution in [2.45, 2.75) is 25.4 Å². The smallest absolute Gasteiger partial charge is 0.249 e. The van der Waals surface area contributed by atoms with Gasteiger partial charge in [-0.2, -0.15) is 0 Å². The molecule has 3 aromatic carbocycles. The highest BCUT2D eigenvalue weighted by molar-refractivity contribution is 6.23. The standard InChI is InChI=1S/C29H32N2O4/c1-31-15-13-22(14-16-31)21-8-10-24(11-9-21)35-19-23-5-3-4-6-25(23)26(29(30)33)17-20-7-12-28(34-2)27(32)18-20/h3-12,17-18,22,32H,13-16,19H2,1-2H3,(H2,30,33)/b26-17+. The highest BCUT2D eigenvalue weighted by Gasteiger charge is 2.18. The van der Waals surface area contributed by atoms with Crippen LogP contribution in [0.15, 0.2) is 66.7 Å². The number of rotatable bonds is 8. The Morgan fingerprint density at radius 3 is 2.46 bits per heavy atom. The third kappa shape index (κ3) is 6.03. The quantitative estimate of drug-likeness (QED) is 0.363. The molecule has 182 valence electrons. The fraction of sp³-hybridized carbons (Fsp3) is 0.276. The molecule has 0 radical (unpaired) electrons. The number of phenolic OH excluding ortho intramolecular Hbond substituents is 1. The predicted octanol–water partition coefficient (Wildman–Crippen LogP) is 4.81. The number of primary amides is 1. The second kappa shape index (κ2) is 11.1. The molecular weight excluding hydrogens is 440 g/mol. The number of aromatic hydroxyl groups is 1. The van der Waals surface area contributed by atoms with Gasteiger partial charge < -0.3 is 25.2 Å². The number of phenols is 1. The molecule has 3 N–H and O–H groups in total. The SMILES string of the molecule is COc1ccc(/C=C(/C(N)=O)c2ccccc2COc2ccc(C3CCN(C)CC3)cc2)cc1O. The fourth-order valence-electron chi connectivity index (χ4n) is 4.49. The largest absolute Gasteiger partial charge is 0.504 e. The number of carbonyl (C=O) groups excluding carboxylic acids is 1. The van der Waals surface area contributed by atoms with Crippen LogP contribution >= 0.6 is 0 Å². The number of methoxy groups -OCH3 is 1. The van der Waals surface area contributed by atoms with E-state index in [-0.39, 0.29) is 5.75 Å². The first-order chi connectivity index (χ1) is 16.9. The maximum atomic E-state index is 12.4. The molecule has 3 aromatic rings. The second-order valence-corrected chi connectivity index (χ2v) is 8.95. The Hall–Kier alpha value is -3.77. The number of hydrogen-bond acceptors (Lipinski definition) is 5. The summed E-state index contributed by atoms with van der Waals surface area (Å²) in [7, 11) is 3.66. The lowest BCUT2D eigenvalue weighted by atomic mass is 9.90. The maximum absolute atomic E-state index is 12.4. The summed E-state index contributed by atoms with van der Waals surface area (Å²) in [6.45, 7) is 2.55. The molecule has 1 saturated heterocycles. The van der Waals surface area contributed by atoms with Gasteiger partial charge in [-0.1, -0.05) is 42.5 Å². The number of nitrogens with two attached hydrogens (primary N) is 1. The predicted molar refractivity (Wildman–Crippen MR) is 138 cm³/mol. The van der Waals surface area contributed by atoms with Crippen LogP contribution in [-0.4, -0.2) is 43.2 Å². The molecule has 1 aliphatic rings. The Kier molecular flexibility index (Phi) is 7.73. The highest BCUT2D eigenvalue weighted by Crippen LogP contribution is 2.31. The molecule has 6 heteroatoms. The van der Waals surface area contributed by atoms with Gasteiger partial charge >= 0.3 is 0 Å². The van der Waals surface area contributed by atoms with Crippen LogP contribution in [-0.2, 0) is 11.4 Å². The van der Waals surface area contributed by atoms with Gasteiger partial charge in [-0.25, -0.2) is 0 Å². The first kappa shape index (κ1) is 24.4. The van der Waals surface area contributed by atoms with E-state index in [0.29, 0.717) is 35.0 Å². The van der Waals surface area contributed by atoms with E-state index in [1.54, 1.807) is 18.2 Å². The van der Waals surface area contributed by atoms with Crippen LogP contribution < -0.4 is 15.2 Å². The Morgan fingerprint density at radius 1 is 1.09 bits per heavy atom. The monoisotopic (exact) mass is 472 g/mol. The first-order valence-electron chi connectivity index (χ1n) is 11.8. The van der Waals surface area contributed by atoms with E-state index < -0.39 is 5.91 Å². The van der Waals surface area contributed by atoms with Gasteiger partial charge in [0, 0.05) is 5.57 Å². The summed E-state index contributed by atoms with van der Waals surface area (Å²) in [5.74, 6) is 1.17. The first-order valence-corrected chi connectivity index (χ1v) is 11.8. The topological polar surface area (TPSA) is 85.0 Å². The maximum Gasteiger partial charge on any atom is 0.249 e. The van der Waals surface area contributed by atoms with Crippen molar-refractivity contribution in [2.24, 2.45) is 5.73 Å². The molecule has 0 bridgehead atoms. The van der Waals surface area contributed by atoms with Gasteiger partial charge in [-0.15, -0.1) is 0 Å². The minimum Gasteiger partial charge on any atom is -0.504 e. The Balaban J connectivity index is 1.51. The Morgan fingerprint density at radius 2 is 1.80 bits per heavy atom. The van der Waals surface area contributed by atoms with Crippen LogP contribution in [0.2, 0.25) is 0 Å². The lowest BCUT2D eigenvalue weighted by molar-refractivity contribution is -0.112. The summed E-state index contributed by atoms with van der Waals surface area (Å²) in [5.41, 5.74) is 9.61. The molecule has 4 rings (SSSR count). The number of hydrogen-bond donors (Lipinski definition) is 2. The van der Waals surface area contributed by atoms with E-state index in [1.807, 2.05) is 36.4 Å². The number of likely N-dealkylation sites (tertiary alicyclic amines) is 1. The van der Waals surface area contributed by atoms with Crippen molar-refractivity contribution >= 4 is 17.6 Å². The molecule has 1 aliphatic heterocycles. The van der Waals surface area contributed by atoms with Crippen molar-refractivity contribution in [3.63, 3.8) is 0 Å². The van der Waals surface area contributed by atoms with E-state index in [0.717, 1.165) is 24.4 Å². The van der Waals surface area contributed by atoms with Crippen LogP contribution in [0.4, 0.5) is 0 Å². The van der Waals surface area contributed by atoms with Gasteiger partial charge in [0.15, 0.2) is 11.5 Å². The molecular formula is C29H32N2O4. The number of piperidine rings is 1. The zero-order valence-electron chi connectivity index (χ0n) is 20.2. The molecule has 0 aliphatic carbocycles. The van der Waals surface area contributed by atoms with Crippen molar-refractivity contribution in [2.75, 3.05) is 27.2 Å². The Bertz CT molecular complexity index is 1200. The molecule has 1 amide bonds. The molecule has 0 aromatic heterocycles. The fourth-order valence-corrected chi connectivity index (χ4v) is 4.49. The van der Waals surface area contributed by atoms with Crippen molar-refractivity contribution in [3.8, 4) is 17.2 Å². The summed E-state index contributed by atoms with van der Waals surface area (Å²) in [5, 5.41) is 10.1. The molecule has 0 spiro atoms. The minimum atomic E-state index is -0.560. The molecule has 0 atom stereocenters. The molecule has 35 heavy (non-hydrogen) atoms. The number of benzene rings is 3. The van der Waals surface area contributed by atoms with E-state index >= 15 is 0 Å². The summed E-state index contributed by atoms with van der Waals surface area (Å²) < 4.78 is 11.2. The van der Waals surface area contributed by atoms with Gasteiger partial charge in [0.2, 0.25) is 5.91 Å². The lowest BCUT2D eigenvalue weighted by Gasteiger charge is -2.29. The van der Waals surface area contributed by atoms with Crippen molar-refractivity contribution in [1.29, 1.82) is 0 Å². The van der Waals surface area contributed by atoms with Crippen molar-refractivity contribution < 1.29 is 19.4 Å². The molecule has 6 nitrogen and oxygen atoms in total. The normalized spacial score (nSPS) is 15.1. The third-order valence-corrected chi connectivity index (χ3v) is 6.55.